The lowest BCUT2D eigenvalue weighted by molar-refractivity contribution is -0.200. The van der Waals surface area contributed by atoms with Gasteiger partial charge < -0.3 is 29.3 Å². The van der Waals surface area contributed by atoms with Crippen LogP contribution in [0.2, 0.25) is 0 Å². The van der Waals surface area contributed by atoms with Crippen LogP contribution in [0.3, 0.4) is 0 Å². The van der Waals surface area contributed by atoms with Crippen LogP contribution < -0.4 is 9.80 Å². The van der Waals surface area contributed by atoms with Crippen molar-refractivity contribution in [2.75, 3.05) is 76.3 Å². The van der Waals surface area contributed by atoms with Crippen molar-refractivity contribution in [2.24, 2.45) is 0 Å². The molecule has 14 nitrogen and oxygen atoms in total. The number of rotatable bonds is 12. The first-order valence-corrected chi connectivity index (χ1v) is 23.4. The largest absolute Gasteiger partial charge is 0.444 e. The molecule has 4 fully saturated rings. The van der Waals surface area contributed by atoms with Gasteiger partial charge in [0.1, 0.15) is 0 Å². The molecule has 346 valence electrons. The first kappa shape index (κ1) is 46.2. The van der Waals surface area contributed by atoms with Crippen molar-refractivity contribution < 1.29 is 38.4 Å². The molecule has 0 bridgehead atoms. The zero-order chi connectivity index (χ0) is 46.2. The molecular weight excluding hydrogens is 837 g/mol. The Morgan fingerprint density at radius 1 is 0.530 bits per heavy atom. The van der Waals surface area contributed by atoms with E-state index in [1.807, 2.05) is 70.5 Å². The molecule has 66 heavy (non-hydrogen) atoms. The fourth-order valence-electron chi connectivity index (χ4n) is 10.1. The summed E-state index contributed by atoms with van der Waals surface area (Å²) in [6, 6.07) is 30.7. The van der Waals surface area contributed by atoms with Crippen molar-refractivity contribution >= 4 is 46.9 Å². The number of amides is 4. The van der Waals surface area contributed by atoms with Crippen LogP contribution in [0.15, 0.2) is 97.1 Å². The van der Waals surface area contributed by atoms with Gasteiger partial charge >= 0.3 is 11.9 Å². The zero-order valence-corrected chi connectivity index (χ0v) is 38.1. The molecule has 0 aliphatic carbocycles. The molecule has 14 heteroatoms. The lowest BCUT2D eigenvalue weighted by atomic mass is 9.93. The van der Waals surface area contributed by atoms with Gasteiger partial charge in [-0.25, -0.2) is 9.59 Å². The quantitative estimate of drug-likeness (QED) is 0.114. The molecule has 4 aliphatic heterocycles. The average Bonchev–Trinajstić information content (AvgIpc) is 4.03. The Bertz CT molecular complexity index is 2270. The molecule has 4 aromatic carbocycles. The van der Waals surface area contributed by atoms with Crippen molar-refractivity contribution in [1.29, 1.82) is 0 Å². The average molecular weight is 897 g/mol. The summed E-state index contributed by atoms with van der Waals surface area (Å²) in [7, 11) is 2.53. The Kier molecular flexibility index (Phi) is 14.9. The number of hydrogen-bond donors (Lipinski definition) is 0. The standard InChI is InChI=1S/C52H60N6O8/c1-53(49(61)43-19-7-5-17-41(43)39-27-33-55(35-39)31-25-37-15-3-9-21-45(37)57-29-13-11-23-47(57)59)65-51(63)52(64)66-54(2)50(62)44-20-8-6-18-42(44)40-28-34-56(36-40)32-26-38-16-4-10-22-46(38)58-30-14-12-24-48(58)60/h3-10,15-22,39-40H,11-14,23-36H2,1-2H3. The third-order valence-corrected chi connectivity index (χ3v) is 13.6. The fourth-order valence-corrected chi connectivity index (χ4v) is 10.1. The van der Waals surface area contributed by atoms with Crippen molar-refractivity contribution in [3.8, 4) is 0 Å². The van der Waals surface area contributed by atoms with E-state index >= 15 is 0 Å². The van der Waals surface area contributed by atoms with E-state index in [0.29, 0.717) is 24.0 Å². The number of para-hydroxylation sites is 2. The Morgan fingerprint density at radius 3 is 1.35 bits per heavy atom. The number of carbonyl (C=O) groups is 6. The number of piperidine rings is 2. The number of hydroxylamine groups is 4. The van der Waals surface area contributed by atoms with E-state index in [0.717, 1.165) is 147 Å². The van der Waals surface area contributed by atoms with Gasteiger partial charge in [-0.1, -0.05) is 72.8 Å². The van der Waals surface area contributed by atoms with Crippen LogP contribution in [0.5, 0.6) is 0 Å². The van der Waals surface area contributed by atoms with Crippen LogP contribution in [-0.4, -0.2) is 122 Å². The van der Waals surface area contributed by atoms with Crippen LogP contribution in [0.25, 0.3) is 0 Å². The summed E-state index contributed by atoms with van der Waals surface area (Å²) in [5.74, 6) is -3.66. The Labute approximate surface area is 386 Å². The van der Waals surface area contributed by atoms with Gasteiger partial charge in [0.15, 0.2) is 0 Å². The topological polar surface area (TPSA) is 140 Å². The number of likely N-dealkylation sites (tertiary alicyclic amines) is 2. The van der Waals surface area contributed by atoms with Crippen LogP contribution in [0.1, 0.15) is 106 Å². The van der Waals surface area contributed by atoms with E-state index in [-0.39, 0.29) is 23.7 Å². The molecule has 8 rings (SSSR count). The van der Waals surface area contributed by atoms with E-state index in [9.17, 15) is 28.8 Å². The number of anilines is 2. The van der Waals surface area contributed by atoms with E-state index in [1.54, 1.807) is 24.3 Å². The second kappa shape index (κ2) is 21.3. The molecule has 0 aromatic heterocycles. The van der Waals surface area contributed by atoms with Crippen LogP contribution in [0, 0.1) is 0 Å². The minimum atomic E-state index is -1.45. The molecule has 4 amide bonds. The molecule has 0 saturated carbocycles. The first-order chi connectivity index (χ1) is 32.0. The summed E-state index contributed by atoms with van der Waals surface area (Å²) in [5.41, 5.74) is 6.62. The zero-order valence-electron chi connectivity index (χ0n) is 38.1. The monoisotopic (exact) mass is 896 g/mol. The van der Waals surface area contributed by atoms with E-state index in [1.165, 1.54) is 14.1 Å². The molecule has 4 aliphatic rings. The van der Waals surface area contributed by atoms with E-state index in [4.69, 9.17) is 9.68 Å². The Morgan fingerprint density at radius 2 is 0.924 bits per heavy atom. The van der Waals surface area contributed by atoms with Gasteiger partial charge in [0.25, 0.3) is 11.8 Å². The lowest BCUT2D eigenvalue weighted by Gasteiger charge is -2.29. The highest BCUT2D eigenvalue weighted by Gasteiger charge is 2.33. The van der Waals surface area contributed by atoms with Crippen molar-refractivity contribution in [2.45, 2.75) is 76.0 Å². The molecule has 2 atom stereocenters. The van der Waals surface area contributed by atoms with Gasteiger partial charge in [-0.3, -0.25) is 19.2 Å². The van der Waals surface area contributed by atoms with Gasteiger partial charge in [0, 0.05) is 88.7 Å². The molecule has 4 aromatic rings. The Hall–Kier alpha value is -6.38. The smallest absolute Gasteiger partial charge is 0.327 e. The number of nitrogens with zero attached hydrogens (tertiary/aromatic N) is 6. The number of benzene rings is 4. The maximum Gasteiger partial charge on any atom is 0.444 e. The highest BCUT2D eigenvalue weighted by Crippen LogP contribution is 2.34. The Balaban J connectivity index is 0.824. The summed E-state index contributed by atoms with van der Waals surface area (Å²) in [6.45, 7) is 6.21. The molecule has 0 N–H and O–H groups in total. The summed E-state index contributed by atoms with van der Waals surface area (Å²) in [6.07, 6.45) is 8.26. The highest BCUT2D eigenvalue weighted by molar-refractivity contribution is 6.30. The molecular formula is C52H60N6O8. The van der Waals surface area contributed by atoms with Gasteiger partial charge in [-0.05, 0) is 123 Å². The maximum absolute atomic E-state index is 13.8. The van der Waals surface area contributed by atoms with E-state index < -0.39 is 23.8 Å². The minimum absolute atomic E-state index is 0.0489. The molecule has 0 radical (unpaired) electrons. The molecule has 0 spiro atoms. The van der Waals surface area contributed by atoms with Gasteiger partial charge in [0.05, 0.1) is 0 Å². The maximum atomic E-state index is 13.8. The SMILES string of the molecule is CN(OC(=O)C(=O)ON(C)C(=O)c1ccccc1C1CCN(CCc2ccccc2N2CCCCC2=O)C1)C(=O)c1ccccc1C1CCN(CCc2ccccc2N2CCCCC2=O)C1. The predicted molar refractivity (Wildman–Crippen MR) is 250 cm³/mol. The van der Waals surface area contributed by atoms with Gasteiger partial charge in [-0.15, -0.1) is 0 Å². The molecule has 2 unspecified atom stereocenters. The molecule has 4 saturated heterocycles. The van der Waals surface area contributed by atoms with Crippen molar-refractivity contribution in [1.82, 2.24) is 19.9 Å². The second-order valence-corrected chi connectivity index (χ2v) is 17.9. The normalized spacial score (nSPS) is 19.2. The van der Waals surface area contributed by atoms with Crippen molar-refractivity contribution in [3.63, 3.8) is 0 Å². The number of carbonyl (C=O) groups excluding carboxylic acids is 6. The minimum Gasteiger partial charge on any atom is -0.327 e. The third-order valence-electron chi connectivity index (χ3n) is 13.6. The number of hydrogen-bond acceptors (Lipinski definition) is 10. The van der Waals surface area contributed by atoms with Crippen LogP contribution in [-0.2, 0) is 41.7 Å². The van der Waals surface area contributed by atoms with Crippen molar-refractivity contribution in [3.05, 3.63) is 130 Å². The van der Waals surface area contributed by atoms with Crippen LogP contribution >= 0.6 is 0 Å². The summed E-state index contributed by atoms with van der Waals surface area (Å²) >= 11 is 0. The second-order valence-electron chi connectivity index (χ2n) is 17.9. The van der Waals surface area contributed by atoms with E-state index in [2.05, 4.69) is 21.9 Å². The fraction of sp³-hybridized carbons (Fsp3) is 0.423. The summed E-state index contributed by atoms with van der Waals surface area (Å²) in [4.78, 5) is 97.9. The summed E-state index contributed by atoms with van der Waals surface area (Å²) < 4.78 is 0. The predicted octanol–water partition coefficient (Wildman–Crippen LogP) is 6.55. The van der Waals surface area contributed by atoms with Crippen LogP contribution in [0.4, 0.5) is 11.4 Å². The van der Waals surface area contributed by atoms with Gasteiger partial charge in [0.2, 0.25) is 11.8 Å². The summed E-state index contributed by atoms with van der Waals surface area (Å²) in [5, 5.41) is 1.45. The molecule has 4 heterocycles. The highest BCUT2D eigenvalue weighted by atomic mass is 16.8. The van der Waals surface area contributed by atoms with Gasteiger partial charge in [-0.2, -0.15) is 10.1 Å². The first-order valence-electron chi connectivity index (χ1n) is 23.4. The lowest BCUT2D eigenvalue weighted by Crippen LogP contribution is -2.38. The third kappa shape index (κ3) is 10.7.